The van der Waals surface area contributed by atoms with Gasteiger partial charge in [0.1, 0.15) is 0 Å². The second-order valence-electron chi connectivity index (χ2n) is 5.68. The normalized spacial score (nSPS) is 16.2. The second-order valence-corrected chi connectivity index (χ2v) is 5.68. The summed E-state index contributed by atoms with van der Waals surface area (Å²) in [4.78, 5) is 14.2. The number of carbonyl (C=O) groups is 1. The molecule has 1 unspecified atom stereocenters. The number of nitrogens with one attached hydrogen (secondary N) is 1. The van der Waals surface area contributed by atoms with Gasteiger partial charge in [-0.1, -0.05) is 18.2 Å². The predicted octanol–water partition coefficient (Wildman–Crippen LogP) is 2.74. The van der Waals surface area contributed by atoms with Crippen LogP contribution >= 0.6 is 24.8 Å². The molecule has 4 nitrogen and oxygen atoms in total. The first-order valence-corrected chi connectivity index (χ1v) is 7.50. The van der Waals surface area contributed by atoms with Crippen LogP contribution in [0.2, 0.25) is 0 Å². The zero-order valence-electron chi connectivity index (χ0n) is 13.0. The Hall–Kier alpha value is -0.970. The van der Waals surface area contributed by atoms with Crippen LogP contribution in [0.1, 0.15) is 32.6 Å². The minimum atomic E-state index is 0. The lowest BCUT2D eigenvalue weighted by Gasteiger charge is -2.34. The van der Waals surface area contributed by atoms with Crippen LogP contribution in [0.3, 0.4) is 0 Å². The van der Waals surface area contributed by atoms with Gasteiger partial charge in [0.2, 0.25) is 5.91 Å². The number of nitrogens with two attached hydrogens (primary N) is 1. The van der Waals surface area contributed by atoms with Gasteiger partial charge in [-0.2, -0.15) is 0 Å². The van der Waals surface area contributed by atoms with Gasteiger partial charge in [0.15, 0.2) is 0 Å². The first-order chi connectivity index (χ1) is 9.65. The van der Waals surface area contributed by atoms with E-state index in [2.05, 4.69) is 34.5 Å². The third kappa shape index (κ3) is 6.86. The standard InChI is InChI=1S/C16H25N3O.2ClH/c1-13(17)7-8-16(20)18-14-9-11-19(12-10-14)15-5-3-2-4-6-15;;/h2-6,13-14H,7-12,17H2,1H3,(H,18,20);2*1H. The van der Waals surface area contributed by atoms with Gasteiger partial charge < -0.3 is 16.0 Å². The number of piperidine rings is 1. The van der Waals surface area contributed by atoms with Crippen molar-refractivity contribution in [3.05, 3.63) is 30.3 Å². The van der Waals surface area contributed by atoms with E-state index in [1.165, 1.54) is 5.69 Å². The fraction of sp³-hybridized carbons (Fsp3) is 0.562. The van der Waals surface area contributed by atoms with Gasteiger partial charge in [0.05, 0.1) is 0 Å². The summed E-state index contributed by atoms with van der Waals surface area (Å²) < 4.78 is 0. The molecule has 1 amide bonds. The summed E-state index contributed by atoms with van der Waals surface area (Å²) in [6, 6.07) is 10.9. The Balaban J connectivity index is 0.00000220. The van der Waals surface area contributed by atoms with E-state index in [0.717, 1.165) is 32.4 Å². The molecule has 1 aromatic rings. The zero-order valence-corrected chi connectivity index (χ0v) is 14.7. The van der Waals surface area contributed by atoms with E-state index in [1.807, 2.05) is 13.0 Å². The molecule has 0 aromatic heterocycles. The molecule has 0 aliphatic carbocycles. The molecular formula is C16H27Cl2N3O. The number of hydrogen-bond donors (Lipinski definition) is 2. The van der Waals surface area contributed by atoms with Crippen molar-refractivity contribution in [2.75, 3.05) is 18.0 Å². The third-order valence-corrected chi connectivity index (χ3v) is 3.81. The van der Waals surface area contributed by atoms with Gasteiger partial charge in [-0.25, -0.2) is 0 Å². The average Bonchev–Trinajstić information content (AvgIpc) is 2.47. The molecule has 6 heteroatoms. The number of anilines is 1. The van der Waals surface area contributed by atoms with Gasteiger partial charge in [0.25, 0.3) is 0 Å². The van der Waals surface area contributed by atoms with E-state index in [4.69, 9.17) is 5.73 Å². The van der Waals surface area contributed by atoms with Gasteiger partial charge in [-0.05, 0) is 38.3 Å². The van der Waals surface area contributed by atoms with Crippen molar-refractivity contribution in [2.45, 2.75) is 44.7 Å². The highest BCUT2D eigenvalue weighted by atomic mass is 35.5. The van der Waals surface area contributed by atoms with Crippen LogP contribution in [0.15, 0.2) is 30.3 Å². The van der Waals surface area contributed by atoms with Crippen molar-refractivity contribution in [3.8, 4) is 0 Å². The molecule has 126 valence electrons. The molecule has 1 heterocycles. The lowest BCUT2D eigenvalue weighted by molar-refractivity contribution is -0.122. The molecule has 1 aromatic carbocycles. The highest BCUT2D eigenvalue weighted by molar-refractivity contribution is 5.85. The van der Waals surface area contributed by atoms with Crippen LogP contribution in [0.4, 0.5) is 5.69 Å². The Morgan fingerprint density at radius 2 is 1.86 bits per heavy atom. The SMILES string of the molecule is CC(N)CCC(=O)NC1CCN(c2ccccc2)CC1.Cl.Cl. The minimum Gasteiger partial charge on any atom is -0.371 e. The Morgan fingerprint density at radius 3 is 2.41 bits per heavy atom. The predicted molar refractivity (Wildman–Crippen MR) is 97.2 cm³/mol. The van der Waals surface area contributed by atoms with Gasteiger partial charge in [-0.15, -0.1) is 24.8 Å². The van der Waals surface area contributed by atoms with Gasteiger partial charge in [0, 0.05) is 37.3 Å². The van der Waals surface area contributed by atoms with Gasteiger partial charge in [-0.3, -0.25) is 4.79 Å². The molecule has 1 atom stereocenters. The van der Waals surface area contributed by atoms with Crippen molar-refractivity contribution in [3.63, 3.8) is 0 Å². The number of para-hydroxylation sites is 1. The molecular weight excluding hydrogens is 321 g/mol. The lowest BCUT2D eigenvalue weighted by atomic mass is 10.0. The summed E-state index contributed by atoms with van der Waals surface area (Å²) >= 11 is 0. The van der Waals surface area contributed by atoms with E-state index in [0.29, 0.717) is 12.5 Å². The molecule has 1 aliphatic heterocycles. The molecule has 3 N–H and O–H groups in total. The molecule has 0 bridgehead atoms. The first kappa shape index (κ1) is 21.0. The molecule has 0 radical (unpaired) electrons. The average molecular weight is 348 g/mol. The molecule has 1 fully saturated rings. The maximum atomic E-state index is 11.8. The van der Waals surface area contributed by atoms with Crippen molar-refractivity contribution in [1.29, 1.82) is 0 Å². The van der Waals surface area contributed by atoms with Crippen LogP contribution in [0, 0.1) is 0 Å². The van der Waals surface area contributed by atoms with E-state index < -0.39 is 0 Å². The largest absolute Gasteiger partial charge is 0.371 e. The lowest BCUT2D eigenvalue weighted by Crippen LogP contribution is -2.44. The third-order valence-electron chi connectivity index (χ3n) is 3.81. The summed E-state index contributed by atoms with van der Waals surface area (Å²) in [5, 5.41) is 3.13. The Bertz CT molecular complexity index is 421. The number of hydrogen-bond acceptors (Lipinski definition) is 3. The molecule has 22 heavy (non-hydrogen) atoms. The zero-order chi connectivity index (χ0) is 14.4. The van der Waals surface area contributed by atoms with Crippen molar-refractivity contribution in [1.82, 2.24) is 5.32 Å². The number of halogens is 2. The minimum absolute atomic E-state index is 0. The Labute approximate surface area is 145 Å². The summed E-state index contributed by atoms with van der Waals surface area (Å²) in [5.41, 5.74) is 6.94. The van der Waals surface area contributed by atoms with E-state index >= 15 is 0 Å². The molecule has 0 saturated carbocycles. The van der Waals surface area contributed by atoms with Crippen molar-refractivity contribution >= 4 is 36.4 Å². The number of nitrogens with zero attached hydrogens (tertiary/aromatic N) is 1. The van der Waals surface area contributed by atoms with E-state index in [9.17, 15) is 4.79 Å². The van der Waals surface area contributed by atoms with Gasteiger partial charge >= 0.3 is 0 Å². The summed E-state index contributed by atoms with van der Waals surface area (Å²) in [6.07, 6.45) is 3.32. The smallest absolute Gasteiger partial charge is 0.220 e. The number of benzene rings is 1. The van der Waals surface area contributed by atoms with Crippen LogP contribution in [-0.4, -0.2) is 31.1 Å². The van der Waals surface area contributed by atoms with Crippen LogP contribution < -0.4 is 16.0 Å². The fourth-order valence-electron chi connectivity index (χ4n) is 2.58. The van der Waals surface area contributed by atoms with Crippen molar-refractivity contribution < 1.29 is 4.79 Å². The Morgan fingerprint density at radius 1 is 1.27 bits per heavy atom. The highest BCUT2D eigenvalue weighted by Gasteiger charge is 2.20. The van der Waals surface area contributed by atoms with Crippen LogP contribution in [-0.2, 0) is 4.79 Å². The molecule has 2 rings (SSSR count). The quantitative estimate of drug-likeness (QED) is 0.860. The topological polar surface area (TPSA) is 58.4 Å². The maximum absolute atomic E-state index is 11.8. The first-order valence-electron chi connectivity index (χ1n) is 7.50. The fourth-order valence-corrected chi connectivity index (χ4v) is 2.58. The molecule has 1 saturated heterocycles. The van der Waals surface area contributed by atoms with E-state index in [1.54, 1.807) is 0 Å². The molecule has 0 spiro atoms. The summed E-state index contributed by atoms with van der Waals surface area (Å²) in [7, 11) is 0. The second kappa shape index (κ2) is 10.7. The highest BCUT2D eigenvalue weighted by Crippen LogP contribution is 2.19. The monoisotopic (exact) mass is 347 g/mol. The maximum Gasteiger partial charge on any atom is 0.220 e. The number of carbonyl (C=O) groups excluding carboxylic acids is 1. The molecule has 1 aliphatic rings. The van der Waals surface area contributed by atoms with Crippen LogP contribution in [0.5, 0.6) is 0 Å². The summed E-state index contributed by atoms with van der Waals surface area (Å²) in [5.74, 6) is 0.139. The Kier molecular flexibility index (Phi) is 10.2. The van der Waals surface area contributed by atoms with Crippen molar-refractivity contribution in [2.24, 2.45) is 5.73 Å². The summed E-state index contributed by atoms with van der Waals surface area (Å²) in [6.45, 7) is 3.94. The van der Waals surface area contributed by atoms with Crippen LogP contribution in [0.25, 0.3) is 0 Å². The van der Waals surface area contributed by atoms with E-state index in [-0.39, 0.29) is 36.8 Å². The number of amides is 1. The number of rotatable bonds is 5.